The van der Waals surface area contributed by atoms with E-state index in [4.69, 9.17) is 0 Å². The average molecular weight is 170 g/mol. The fourth-order valence-electron chi connectivity index (χ4n) is 1.93. The second-order valence-corrected chi connectivity index (χ2v) is 3.91. The predicted octanol–water partition coefficient (Wildman–Crippen LogP) is 1.47. The van der Waals surface area contributed by atoms with Gasteiger partial charge in [0.05, 0.1) is 0 Å². The monoisotopic (exact) mass is 170 g/mol. The Morgan fingerprint density at radius 3 is 2.83 bits per heavy atom. The minimum Gasteiger partial charge on any atom is -0.313 e. The summed E-state index contributed by atoms with van der Waals surface area (Å²) in [5.74, 6) is 0. The molecule has 0 saturated carbocycles. The molecule has 1 N–H and O–H groups in total. The Kier molecular flexibility index (Phi) is 4.62. The molecule has 0 spiro atoms. The van der Waals surface area contributed by atoms with Crippen molar-refractivity contribution in [2.45, 2.75) is 38.6 Å². The molecule has 1 rings (SSSR count). The summed E-state index contributed by atoms with van der Waals surface area (Å²) < 4.78 is 0. The third-order valence-electron chi connectivity index (χ3n) is 2.55. The molecule has 1 saturated heterocycles. The van der Waals surface area contributed by atoms with Crippen molar-refractivity contribution in [1.82, 2.24) is 10.2 Å². The SMILES string of the molecule is CCCN(C)C[C@@H]1CCCCN1. The maximum absolute atomic E-state index is 3.57. The Bertz CT molecular complexity index is 108. The van der Waals surface area contributed by atoms with Crippen LogP contribution in [-0.2, 0) is 0 Å². The zero-order chi connectivity index (χ0) is 8.81. The number of hydrogen-bond acceptors (Lipinski definition) is 2. The number of nitrogens with one attached hydrogen (secondary N) is 1. The van der Waals surface area contributed by atoms with Gasteiger partial charge >= 0.3 is 0 Å². The van der Waals surface area contributed by atoms with Crippen LogP contribution in [0.4, 0.5) is 0 Å². The Morgan fingerprint density at radius 2 is 2.25 bits per heavy atom. The van der Waals surface area contributed by atoms with Crippen LogP contribution in [0.15, 0.2) is 0 Å². The molecule has 0 aliphatic carbocycles. The molecule has 0 aromatic carbocycles. The van der Waals surface area contributed by atoms with Gasteiger partial charge in [-0.05, 0) is 39.4 Å². The molecule has 2 nitrogen and oxygen atoms in total. The highest BCUT2D eigenvalue weighted by atomic mass is 15.1. The van der Waals surface area contributed by atoms with E-state index in [2.05, 4.69) is 24.2 Å². The third kappa shape index (κ3) is 3.55. The lowest BCUT2D eigenvalue weighted by molar-refractivity contribution is 0.263. The van der Waals surface area contributed by atoms with Crippen LogP contribution in [0, 0.1) is 0 Å². The average Bonchev–Trinajstić information content (AvgIpc) is 2.06. The Labute approximate surface area is 76.3 Å². The van der Waals surface area contributed by atoms with E-state index in [1.54, 1.807) is 0 Å². The minimum absolute atomic E-state index is 0.760. The molecule has 12 heavy (non-hydrogen) atoms. The first kappa shape index (κ1) is 10.0. The molecule has 0 radical (unpaired) electrons. The fourth-order valence-corrected chi connectivity index (χ4v) is 1.93. The van der Waals surface area contributed by atoms with Crippen LogP contribution >= 0.6 is 0 Å². The van der Waals surface area contributed by atoms with E-state index in [0.717, 1.165) is 6.04 Å². The first-order chi connectivity index (χ1) is 5.83. The molecule has 72 valence electrons. The Hall–Kier alpha value is -0.0800. The van der Waals surface area contributed by atoms with Crippen LogP contribution < -0.4 is 5.32 Å². The summed E-state index contributed by atoms with van der Waals surface area (Å²) in [6.45, 7) is 5.93. The largest absolute Gasteiger partial charge is 0.313 e. The van der Waals surface area contributed by atoms with Crippen molar-refractivity contribution in [1.29, 1.82) is 0 Å². The molecule has 0 bridgehead atoms. The van der Waals surface area contributed by atoms with E-state index >= 15 is 0 Å². The number of piperidine rings is 1. The Morgan fingerprint density at radius 1 is 1.42 bits per heavy atom. The highest BCUT2D eigenvalue weighted by molar-refractivity contribution is 4.74. The van der Waals surface area contributed by atoms with Gasteiger partial charge < -0.3 is 10.2 Å². The third-order valence-corrected chi connectivity index (χ3v) is 2.55. The standard InChI is InChI=1S/C10H22N2/c1-3-8-12(2)9-10-6-4-5-7-11-10/h10-11H,3-9H2,1-2H3/t10-/m0/s1. The van der Waals surface area contributed by atoms with Gasteiger partial charge in [0.1, 0.15) is 0 Å². The van der Waals surface area contributed by atoms with Crippen molar-refractivity contribution >= 4 is 0 Å². The predicted molar refractivity (Wildman–Crippen MR) is 53.4 cm³/mol. The molecule has 1 heterocycles. The molecule has 0 unspecified atom stereocenters. The molecular weight excluding hydrogens is 148 g/mol. The highest BCUT2D eigenvalue weighted by Crippen LogP contribution is 2.07. The van der Waals surface area contributed by atoms with Crippen molar-refractivity contribution in [3.8, 4) is 0 Å². The summed E-state index contributed by atoms with van der Waals surface area (Å²) in [6.07, 6.45) is 5.42. The lowest BCUT2D eigenvalue weighted by Crippen LogP contribution is -2.42. The Balaban J connectivity index is 2.11. The molecule has 0 aromatic rings. The second kappa shape index (κ2) is 5.55. The number of hydrogen-bond donors (Lipinski definition) is 1. The van der Waals surface area contributed by atoms with Crippen molar-refractivity contribution in [2.75, 3.05) is 26.7 Å². The zero-order valence-corrected chi connectivity index (χ0v) is 8.47. The van der Waals surface area contributed by atoms with Gasteiger partial charge in [-0.15, -0.1) is 0 Å². The van der Waals surface area contributed by atoms with Gasteiger partial charge in [0, 0.05) is 12.6 Å². The lowest BCUT2D eigenvalue weighted by atomic mass is 10.0. The number of rotatable bonds is 4. The van der Waals surface area contributed by atoms with Crippen molar-refractivity contribution in [3.63, 3.8) is 0 Å². The van der Waals surface area contributed by atoms with Gasteiger partial charge in [0.25, 0.3) is 0 Å². The van der Waals surface area contributed by atoms with Gasteiger partial charge in [-0.2, -0.15) is 0 Å². The van der Waals surface area contributed by atoms with E-state index in [0.29, 0.717) is 0 Å². The smallest absolute Gasteiger partial charge is 0.0194 e. The minimum atomic E-state index is 0.760. The van der Waals surface area contributed by atoms with E-state index < -0.39 is 0 Å². The molecule has 0 amide bonds. The molecule has 1 atom stereocenters. The molecule has 1 fully saturated rings. The van der Waals surface area contributed by atoms with Gasteiger partial charge in [-0.3, -0.25) is 0 Å². The highest BCUT2D eigenvalue weighted by Gasteiger charge is 2.13. The van der Waals surface area contributed by atoms with Crippen LogP contribution in [0.1, 0.15) is 32.6 Å². The van der Waals surface area contributed by atoms with Gasteiger partial charge in [-0.1, -0.05) is 13.3 Å². The molecule has 1 aliphatic heterocycles. The maximum atomic E-state index is 3.57. The van der Waals surface area contributed by atoms with Crippen molar-refractivity contribution in [2.24, 2.45) is 0 Å². The molecule has 1 aliphatic rings. The summed E-state index contributed by atoms with van der Waals surface area (Å²) in [4.78, 5) is 2.43. The quantitative estimate of drug-likeness (QED) is 0.687. The van der Waals surface area contributed by atoms with Crippen molar-refractivity contribution < 1.29 is 0 Å². The number of likely N-dealkylation sites (N-methyl/N-ethyl adjacent to an activating group) is 1. The van der Waals surface area contributed by atoms with Gasteiger partial charge in [0.2, 0.25) is 0 Å². The van der Waals surface area contributed by atoms with Crippen LogP contribution in [0.25, 0.3) is 0 Å². The normalized spacial score (nSPS) is 24.8. The topological polar surface area (TPSA) is 15.3 Å². The number of nitrogens with zero attached hydrogens (tertiary/aromatic N) is 1. The maximum Gasteiger partial charge on any atom is 0.0194 e. The van der Waals surface area contributed by atoms with E-state index in [1.165, 1.54) is 45.3 Å². The van der Waals surface area contributed by atoms with Crippen LogP contribution in [0.3, 0.4) is 0 Å². The fraction of sp³-hybridized carbons (Fsp3) is 1.00. The lowest BCUT2D eigenvalue weighted by Gasteiger charge is -2.27. The summed E-state index contributed by atoms with van der Waals surface area (Å²) >= 11 is 0. The zero-order valence-electron chi connectivity index (χ0n) is 8.47. The van der Waals surface area contributed by atoms with Crippen LogP contribution in [-0.4, -0.2) is 37.6 Å². The molecule has 2 heteroatoms. The first-order valence-corrected chi connectivity index (χ1v) is 5.25. The summed E-state index contributed by atoms with van der Waals surface area (Å²) in [6, 6.07) is 0.760. The first-order valence-electron chi connectivity index (χ1n) is 5.25. The summed E-state index contributed by atoms with van der Waals surface area (Å²) in [5.41, 5.74) is 0. The summed E-state index contributed by atoms with van der Waals surface area (Å²) in [7, 11) is 2.22. The van der Waals surface area contributed by atoms with Crippen molar-refractivity contribution in [3.05, 3.63) is 0 Å². The van der Waals surface area contributed by atoms with Crippen LogP contribution in [0.5, 0.6) is 0 Å². The summed E-state index contributed by atoms with van der Waals surface area (Å²) in [5, 5.41) is 3.57. The van der Waals surface area contributed by atoms with Gasteiger partial charge in [-0.25, -0.2) is 0 Å². The molecule has 0 aromatic heterocycles. The van der Waals surface area contributed by atoms with Crippen LogP contribution in [0.2, 0.25) is 0 Å². The van der Waals surface area contributed by atoms with E-state index in [9.17, 15) is 0 Å². The second-order valence-electron chi connectivity index (χ2n) is 3.91. The van der Waals surface area contributed by atoms with E-state index in [1.807, 2.05) is 0 Å². The molecular formula is C10H22N2. The van der Waals surface area contributed by atoms with Gasteiger partial charge in [0.15, 0.2) is 0 Å². The van der Waals surface area contributed by atoms with E-state index in [-0.39, 0.29) is 0 Å².